The van der Waals surface area contributed by atoms with Gasteiger partial charge in [-0.25, -0.2) is 0 Å². The second-order valence-corrected chi connectivity index (χ2v) is 4.02. The Morgan fingerprint density at radius 2 is 2.22 bits per heavy atom. The van der Waals surface area contributed by atoms with E-state index in [0.717, 1.165) is 16.6 Å². The van der Waals surface area contributed by atoms with Crippen LogP contribution in [0.4, 0.5) is 0 Å². The van der Waals surface area contributed by atoms with E-state index in [-0.39, 0.29) is 6.42 Å². The molecule has 0 aliphatic rings. The summed E-state index contributed by atoms with van der Waals surface area (Å²) in [6.07, 6.45) is 1.34. The number of hydrogen-bond acceptors (Lipinski definition) is 3. The molecule has 0 aliphatic carbocycles. The quantitative estimate of drug-likeness (QED) is 0.739. The molecule has 3 rings (SSSR count). The van der Waals surface area contributed by atoms with Gasteiger partial charge in [0.2, 0.25) is 0 Å². The van der Waals surface area contributed by atoms with E-state index in [2.05, 4.69) is 10.1 Å². The molecule has 1 aromatic carbocycles. The van der Waals surface area contributed by atoms with Gasteiger partial charge in [0, 0.05) is 16.5 Å². The summed E-state index contributed by atoms with van der Waals surface area (Å²) in [4.78, 5) is 13.9. The number of hydrogen-bond donors (Lipinski definition) is 2. The molecule has 0 saturated heterocycles. The minimum Gasteiger partial charge on any atom is -0.481 e. The molecule has 0 radical (unpaired) electrons. The highest BCUT2D eigenvalue weighted by molar-refractivity contribution is 5.85. The number of aliphatic carboxylic acids is 1. The monoisotopic (exact) mass is 242 g/mol. The molecule has 2 aromatic heterocycles. The van der Waals surface area contributed by atoms with Crippen molar-refractivity contribution in [1.29, 1.82) is 0 Å². The SMILES string of the molecule is O=C(O)Cc1cnoc1-c1cc2ccccc2[nH]1. The van der Waals surface area contributed by atoms with E-state index < -0.39 is 5.97 Å². The molecular weight excluding hydrogens is 232 g/mol. The zero-order valence-electron chi connectivity index (χ0n) is 9.38. The van der Waals surface area contributed by atoms with Gasteiger partial charge in [0.05, 0.1) is 18.3 Å². The first-order valence-corrected chi connectivity index (χ1v) is 5.47. The van der Waals surface area contributed by atoms with Gasteiger partial charge in [0.1, 0.15) is 0 Å². The predicted octanol–water partition coefficient (Wildman–Crippen LogP) is 2.45. The van der Waals surface area contributed by atoms with Crippen LogP contribution < -0.4 is 0 Å². The molecule has 90 valence electrons. The van der Waals surface area contributed by atoms with Gasteiger partial charge < -0.3 is 14.6 Å². The van der Waals surface area contributed by atoms with Crippen LogP contribution in [0.5, 0.6) is 0 Å². The highest BCUT2D eigenvalue weighted by Crippen LogP contribution is 2.26. The Bertz CT molecular complexity index is 679. The minimum atomic E-state index is -0.907. The molecule has 0 aliphatic heterocycles. The van der Waals surface area contributed by atoms with Crippen LogP contribution in [-0.4, -0.2) is 21.2 Å². The molecule has 0 amide bonds. The zero-order valence-corrected chi connectivity index (χ0v) is 9.38. The molecule has 0 saturated carbocycles. The summed E-state index contributed by atoms with van der Waals surface area (Å²) in [6.45, 7) is 0. The summed E-state index contributed by atoms with van der Waals surface area (Å²) in [6, 6.07) is 9.72. The summed E-state index contributed by atoms with van der Waals surface area (Å²) in [5.74, 6) is -0.427. The standard InChI is InChI=1S/C13H10N2O3/c16-12(17)6-9-7-14-18-13(9)11-5-8-3-1-2-4-10(8)15-11/h1-5,7,15H,6H2,(H,16,17). The van der Waals surface area contributed by atoms with Gasteiger partial charge in [0.15, 0.2) is 5.76 Å². The van der Waals surface area contributed by atoms with Crippen molar-refractivity contribution in [3.05, 3.63) is 42.1 Å². The molecule has 0 atom stereocenters. The number of fused-ring (bicyclic) bond motifs is 1. The molecule has 2 N–H and O–H groups in total. The lowest BCUT2D eigenvalue weighted by Gasteiger charge is -1.94. The number of aromatic nitrogens is 2. The molecule has 2 heterocycles. The maximum Gasteiger partial charge on any atom is 0.308 e. The third kappa shape index (κ3) is 1.75. The molecular formula is C13H10N2O3. The molecule has 0 unspecified atom stereocenters. The Labute approximate surface area is 102 Å². The van der Waals surface area contributed by atoms with Crippen LogP contribution in [0.1, 0.15) is 5.56 Å². The van der Waals surface area contributed by atoms with Crippen molar-refractivity contribution in [2.75, 3.05) is 0 Å². The Morgan fingerprint density at radius 1 is 1.39 bits per heavy atom. The van der Waals surface area contributed by atoms with Gasteiger partial charge in [-0.1, -0.05) is 23.4 Å². The normalized spacial score (nSPS) is 10.9. The summed E-state index contributed by atoms with van der Waals surface area (Å²) >= 11 is 0. The number of benzene rings is 1. The molecule has 0 spiro atoms. The van der Waals surface area contributed by atoms with E-state index in [1.807, 2.05) is 30.3 Å². The number of carbonyl (C=O) groups is 1. The summed E-state index contributed by atoms with van der Waals surface area (Å²) in [5.41, 5.74) is 2.28. The van der Waals surface area contributed by atoms with Gasteiger partial charge in [-0.2, -0.15) is 0 Å². The van der Waals surface area contributed by atoms with E-state index in [9.17, 15) is 4.79 Å². The average molecular weight is 242 g/mol. The van der Waals surface area contributed by atoms with E-state index in [0.29, 0.717) is 11.3 Å². The van der Waals surface area contributed by atoms with Crippen molar-refractivity contribution in [3.63, 3.8) is 0 Å². The summed E-state index contributed by atoms with van der Waals surface area (Å²) < 4.78 is 5.14. The lowest BCUT2D eigenvalue weighted by Crippen LogP contribution is -1.99. The molecule has 5 nitrogen and oxygen atoms in total. The molecule has 5 heteroatoms. The minimum absolute atomic E-state index is 0.103. The molecule has 0 fully saturated rings. The Kier molecular flexibility index (Phi) is 2.37. The maximum absolute atomic E-state index is 10.7. The van der Waals surface area contributed by atoms with Gasteiger partial charge in [0.25, 0.3) is 0 Å². The van der Waals surface area contributed by atoms with Crippen LogP contribution in [0, 0.1) is 0 Å². The Hall–Kier alpha value is -2.56. The largest absolute Gasteiger partial charge is 0.481 e. The van der Waals surface area contributed by atoms with Crippen molar-refractivity contribution in [2.45, 2.75) is 6.42 Å². The van der Waals surface area contributed by atoms with Crippen molar-refractivity contribution in [2.24, 2.45) is 0 Å². The van der Waals surface area contributed by atoms with Crippen LogP contribution in [0.3, 0.4) is 0 Å². The van der Waals surface area contributed by atoms with Crippen LogP contribution in [0.25, 0.3) is 22.4 Å². The number of nitrogens with one attached hydrogen (secondary N) is 1. The highest BCUT2D eigenvalue weighted by Gasteiger charge is 2.15. The van der Waals surface area contributed by atoms with Gasteiger partial charge >= 0.3 is 5.97 Å². The fraction of sp³-hybridized carbons (Fsp3) is 0.0769. The second kappa shape index (κ2) is 4.03. The highest BCUT2D eigenvalue weighted by atomic mass is 16.5. The van der Waals surface area contributed by atoms with Crippen LogP contribution in [0.15, 0.2) is 41.1 Å². The Morgan fingerprint density at radius 3 is 3.00 bits per heavy atom. The number of carboxylic acid groups (broad SMARTS) is 1. The summed E-state index contributed by atoms with van der Waals surface area (Å²) in [5, 5.41) is 13.5. The summed E-state index contributed by atoms with van der Waals surface area (Å²) in [7, 11) is 0. The number of carboxylic acids is 1. The van der Waals surface area contributed by atoms with E-state index in [1.165, 1.54) is 6.20 Å². The topological polar surface area (TPSA) is 79.1 Å². The number of H-pyrrole nitrogens is 1. The van der Waals surface area contributed by atoms with Crippen LogP contribution in [-0.2, 0) is 11.2 Å². The van der Waals surface area contributed by atoms with E-state index in [1.54, 1.807) is 0 Å². The number of para-hydroxylation sites is 1. The van der Waals surface area contributed by atoms with Gasteiger partial charge in [-0.3, -0.25) is 4.79 Å². The predicted molar refractivity (Wildman–Crippen MR) is 65.1 cm³/mol. The van der Waals surface area contributed by atoms with Gasteiger partial charge in [-0.05, 0) is 12.1 Å². The Balaban J connectivity index is 2.08. The average Bonchev–Trinajstić information content (AvgIpc) is 2.93. The third-order valence-electron chi connectivity index (χ3n) is 2.76. The fourth-order valence-corrected chi connectivity index (χ4v) is 1.97. The maximum atomic E-state index is 10.7. The van der Waals surface area contributed by atoms with Crippen molar-refractivity contribution in [1.82, 2.24) is 10.1 Å². The van der Waals surface area contributed by atoms with E-state index in [4.69, 9.17) is 9.63 Å². The van der Waals surface area contributed by atoms with Crippen molar-refractivity contribution in [3.8, 4) is 11.5 Å². The fourth-order valence-electron chi connectivity index (χ4n) is 1.97. The number of aromatic amines is 1. The lowest BCUT2D eigenvalue weighted by molar-refractivity contribution is -0.136. The van der Waals surface area contributed by atoms with Gasteiger partial charge in [-0.15, -0.1) is 0 Å². The third-order valence-corrected chi connectivity index (χ3v) is 2.76. The number of nitrogens with zero attached hydrogens (tertiary/aromatic N) is 1. The lowest BCUT2D eigenvalue weighted by atomic mass is 10.1. The van der Waals surface area contributed by atoms with Crippen LogP contribution in [0.2, 0.25) is 0 Å². The first-order valence-electron chi connectivity index (χ1n) is 5.47. The van der Waals surface area contributed by atoms with Crippen molar-refractivity contribution < 1.29 is 14.4 Å². The molecule has 18 heavy (non-hydrogen) atoms. The zero-order chi connectivity index (χ0) is 12.5. The molecule has 3 aromatic rings. The van der Waals surface area contributed by atoms with Crippen LogP contribution >= 0.6 is 0 Å². The van der Waals surface area contributed by atoms with Crippen molar-refractivity contribution >= 4 is 16.9 Å². The first kappa shape index (κ1) is 10.6. The number of rotatable bonds is 3. The smallest absolute Gasteiger partial charge is 0.308 e. The van der Waals surface area contributed by atoms with E-state index >= 15 is 0 Å². The molecule has 0 bridgehead atoms. The first-order chi connectivity index (χ1) is 8.74. The second-order valence-electron chi connectivity index (χ2n) is 4.02.